The zero-order valence-corrected chi connectivity index (χ0v) is 12.4. The van der Waals surface area contributed by atoms with Gasteiger partial charge in [-0.05, 0) is 26.0 Å². The van der Waals surface area contributed by atoms with Crippen molar-refractivity contribution in [2.24, 2.45) is 0 Å². The molecule has 0 aromatic heterocycles. The molecule has 1 N–H and O–H groups in total. The fourth-order valence-electron chi connectivity index (χ4n) is 1.73. The quantitative estimate of drug-likeness (QED) is 0.514. The number of esters is 1. The topological polar surface area (TPSA) is 73.9 Å². The summed E-state index contributed by atoms with van der Waals surface area (Å²) in [6, 6.07) is 5.04. The highest BCUT2D eigenvalue weighted by atomic mass is 16.7. The summed E-state index contributed by atoms with van der Waals surface area (Å²) in [5.74, 6) is 0.196. The number of anilines is 1. The largest absolute Gasteiger partial charge is 0.454 e. The first-order valence-electron chi connectivity index (χ1n) is 6.80. The highest BCUT2D eigenvalue weighted by Crippen LogP contribution is 2.34. The van der Waals surface area contributed by atoms with Crippen molar-refractivity contribution in [2.45, 2.75) is 20.0 Å². The van der Waals surface area contributed by atoms with E-state index >= 15 is 0 Å². The Labute approximate surface area is 128 Å². The number of benzene rings is 1. The van der Waals surface area contributed by atoms with E-state index in [1.54, 1.807) is 36.4 Å². The summed E-state index contributed by atoms with van der Waals surface area (Å²) >= 11 is 0. The van der Waals surface area contributed by atoms with Crippen molar-refractivity contribution in [2.75, 3.05) is 12.1 Å². The lowest BCUT2D eigenvalue weighted by molar-refractivity contribution is -0.148. The maximum atomic E-state index is 12.0. The summed E-state index contributed by atoms with van der Waals surface area (Å²) in [6.45, 7) is 3.50. The first-order chi connectivity index (χ1) is 10.6. The van der Waals surface area contributed by atoms with Gasteiger partial charge >= 0.3 is 5.97 Å². The smallest absolute Gasteiger partial charge is 0.331 e. The number of nitrogens with one attached hydrogen (secondary N) is 1. The minimum atomic E-state index is -0.909. The van der Waals surface area contributed by atoms with Gasteiger partial charge in [-0.3, -0.25) is 4.79 Å². The molecule has 0 aliphatic carbocycles. The number of carbonyl (C=O) groups is 2. The van der Waals surface area contributed by atoms with Crippen LogP contribution in [0.3, 0.4) is 0 Å². The Morgan fingerprint density at radius 2 is 2.05 bits per heavy atom. The van der Waals surface area contributed by atoms with Gasteiger partial charge in [0.15, 0.2) is 17.6 Å². The van der Waals surface area contributed by atoms with Gasteiger partial charge in [0.1, 0.15) is 0 Å². The van der Waals surface area contributed by atoms with E-state index < -0.39 is 18.0 Å². The third-order valence-electron chi connectivity index (χ3n) is 2.84. The molecule has 1 amide bonds. The normalized spacial score (nSPS) is 14.3. The lowest BCUT2D eigenvalue weighted by Crippen LogP contribution is -2.29. The molecule has 0 radical (unpaired) electrons. The van der Waals surface area contributed by atoms with Crippen molar-refractivity contribution in [1.82, 2.24) is 0 Å². The van der Waals surface area contributed by atoms with E-state index in [9.17, 15) is 9.59 Å². The molecular weight excluding hydrogens is 286 g/mol. The lowest BCUT2D eigenvalue weighted by atomic mass is 10.2. The van der Waals surface area contributed by atoms with Crippen molar-refractivity contribution in [1.29, 1.82) is 0 Å². The van der Waals surface area contributed by atoms with Crippen LogP contribution in [0.15, 0.2) is 42.5 Å². The maximum absolute atomic E-state index is 12.0. The Morgan fingerprint density at radius 1 is 1.27 bits per heavy atom. The highest BCUT2D eigenvalue weighted by Gasteiger charge is 2.18. The predicted molar refractivity (Wildman–Crippen MR) is 80.7 cm³/mol. The number of rotatable bonds is 5. The fourth-order valence-corrected chi connectivity index (χ4v) is 1.73. The predicted octanol–water partition coefficient (Wildman–Crippen LogP) is 2.42. The summed E-state index contributed by atoms with van der Waals surface area (Å²) in [5, 5.41) is 2.65. The first-order valence-corrected chi connectivity index (χ1v) is 6.80. The summed E-state index contributed by atoms with van der Waals surface area (Å²) in [7, 11) is 0. The van der Waals surface area contributed by atoms with E-state index in [4.69, 9.17) is 14.2 Å². The Hall–Kier alpha value is -2.76. The summed E-state index contributed by atoms with van der Waals surface area (Å²) in [6.07, 6.45) is 5.36. The summed E-state index contributed by atoms with van der Waals surface area (Å²) in [5.41, 5.74) is 0.543. The number of hydrogen-bond acceptors (Lipinski definition) is 5. The molecule has 6 nitrogen and oxygen atoms in total. The van der Waals surface area contributed by atoms with Gasteiger partial charge in [0, 0.05) is 17.8 Å². The number of allylic oxidation sites excluding steroid dienone is 3. The Bertz CT molecular complexity index is 621. The summed E-state index contributed by atoms with van der Waals surface area (Å²) in [4.78, 5) is 23.5. The average Bonchev–Trinajstić information content (AvgIpc) is 2.95. The summed E-state index contributed by atoms with van der Waals surface area (Å²) < 4.78 is 15.4. The van der Waals surface area contributed by atoms with E-state index in [2.05, 4.69) is 5.32 Å². The molecular formula is C16H17NO5. The molecule has 22 heavy (non-hydrogen) atoms. The van der Waals surface area contributed by atoms with Gasteiger partial charge in [-0.1, -0.05) is 18.2 Å². The van der Waals surface area contributed by atoms with Crippen molar-refractivity contribution in [3.8, 4) is 11.5 Å². The number of fused-ring (bicyclic) bond motifs is 1. The van der Waals surface area contributed by atoms with Gasteiger partial charge in [0.2, 0.25) is 6.79 Å². The SMILES string of the molecule is C/C=C/C=C/C(=O)OC(C)C(=O)Nc1ccc2c(c1)OCO2. The second-order valence-electron chi connectivity index (χ2n) is 4.52. The van der Waals surface area contributed by atoms with Crippen LogP contribution < -0.4 is 14.8 Å². The van der Waals surface area contributed by atoms with Crippen LogP contribution in [0.1, 0.15) is 13.8 Å². The molecule has 0 bridgehead atoms. The average molecular weight is 303 g/mol. The standard InChI is InChI=1S/C16H17NO5/c1-3-4-5-6-15(18)22-11(2)16(19)17-12-7-8-13-14(9-12)21-10-20-13/h3-9,11H,10H2,1-2H3,(H,17,19)/b4-3+,6-5+. The monoisotopic (exact) mass is 303 g/mol. The first kappa shape index (κ1) is 15.6. The zero-order valence-electron chi connectivity index (χ0n) is 12.4. The minimum Gasteiger partial charge on any atom is -0.454 e. The van der Waals surface area contributed by atoms with E-state index in [1.807, 2.05) is 6.92 Å². The van der Waals surface area contributed by atoms with Gasteiger partial charge in [0.25, 0.3) is 5.91 Å². The van der Waals surface area contributed by atoms with Crippen LogP contribution in [0.25, 0.3) is 0 Å². The molecule has 0 saturated carbocycles. The second kappa shape index (κ2) is 7.31. The Balaban J connectivity index is 1.90. The van der Waals surface area contributed by atoms with Gasteiger partial charge in [-0.2, -0.15) is 0 Å². The van der Waals surface area contributed by atoms with E-state index in [0.717, 1.165) is 0 Å². The van der Waals surface area contributed by atoms with Crippen molar-refractivity contribution in [3.05, 3.63) is 42.5 Å². The highest BCUT2D eigenvalue weighted by molar-refractivity contribution is 5.96. The minimum absolute atomic E-state index is 0.166. The molecule has 1 aliphatic rings. The number of carbonyl (C=O) groups excluding carboxylic acids is 2. The van der Waals surface area contributed by atoms with Gasteiger partial charge < -0.3 is 19.5 Å². The fraction of sp³-hybridized carbons (Fsp3) is 0.250. The number of amides is 1. The van der Waals surface area contributed by atoms with Crippen LogP contribution >= 0.6 is 0 Å². The van der Waals surface area contributed by atoms with Gasteiger partial charge in [-0.15, -0.1) is 0 Å². The molecule has 1 aliphatic heterocycles. The van der Waals surface area contributed by atoms with Crippen molar-refractivity contribution >= 4 is 17.6 Å². The van der Waals surface area contributed by atoms with Crippen LogP contribution in [-0.4, -0.2) is 24.8 Å². The van der Waals surface area contributed by atoms with E-state index in [1.165, 1.54) is 13.0 Å². The number of ether oxygens (including phenoxy) is 3. The second-order valence-corrected chi connectivity index (χ2v) is 4.52. The third kappa shape index (κ3) is 4.12. The lowest BCUT2D eigenvalue weighted by Gasteiger charge is -2.12. The van der Waals surface area contributed by atoms with E-state index in [-0.39, 0.29) is 6.79 Å². The Kier molecular flexibility index (Phi) is 5.19. The molecule has 1 atom stereocenters. The van der Waals surface area contributed by atoms with Crippen LogP contribution in [0, 0.1) is 0 Å². The molecule has 1 heterocycles. The molecule has 116 valence electrons. The van der Waals surface area contributed by atoms with Gasteiger partial charge in [0.05, 0.1) is 0 Å². The van der Waals surface area contributed by atoms with E-state index in [0.29, 0.717) is 17.2 Å². The van der Waals surface area contributed by atoms with Crippen molar-refractivity contribution in [3.63, 3.8) is 0 Å². The molecule has 1 unspecified atom stereocenters. The molecule has 2 rings (SSSR count). The molecule has 0 fully saturated rings. The van der Waals surface area contributed by atoms with Crippen LogP contribution in [0.4, 0.5) is 5.69 Å². The molecule has 0 spiro atoms. The Morgan fingerprint density at radius 3 is 2.82 bits per heavy atom. The van der Waals surface area contributed by atoms with Crippen LogP contribution in [-0.2, 0) is 14.3 Å². The number of hydrogen-bond donors (Lipinski definition) is 1. The maximum Gasteiger partial charge on any atom is 0.331 e. The van der Waals surface area contributed by atoms with Crippen molar-refractivity contribution < 1.29 is 23.8 Å². The molecule has 1 aromatic rings. The zero-order chi connectivity index (χ0) is 15.9. The van der Waals surface area contributed by atoms with Gasteiger partial charge in [-0.25, -0.2) is 4.79 Å². The van der Waals surface area contributed by atoms with Crippen LogP contribution in [0.2, 0.25) is 0 Å². The molecule has 0 saturated heterocycles. The van der Waals surface area contributed by atoms with Crippen LogP contribution in [0.5, 0.6) is 11.5 Å². The third-order valence-corrected chi connectivity index (χ3v) is 2.84. The molecule has 1 aromatic carbocycles. The molecule has 6 heteroatoms.